The van der Waals surface area contributed by atoms with Crippen LogP contribution in [0.25, 0.3) is 0 Å². The normalized spacial score (nSPS) is 9.57. The Morgan fingerprint density at radius 2 is 2.43 bits per heavy atom. The Labute approximate surface area is 42.7 Å². The van der Waals surface area contributed by atoms with Gasteiger partial charge in [0.15, 0.2) is 0 Å². The van der Waals surface area contributed by atoms with Crippen LogP contribution in [-0.4, -0.2) is 12.5 Å². The SMILES string of the molecule is [NH]C(N)CCC=O. The monoisotopic (exact) mass is 101 g/mol. The second-order valence-corrected chi connectivity index (χ2v) is 1.35. The third kappa shape index (κ3) is 5.59. The van der Waals surface area contributed by atoms with Gasteiger partial charge in [0.2, 0.25) is 0 Å². The molecule has 3 nitrogen and oxygen atoms in total. The van der Waals surface area contributed by atoms with Crippen LogP contribution in [0.3, 0.4) is 0 Å². The smallest absolute Gasteiger partial charge is 0.120 e. The predicted molar refractivity (Wildman–Crippen MR) is 26.4 cm³/mol. The minimum atomic E-state index is -0.579. The van der Waals surface area contributed by atoms with E-state index in [1.807, 2.05) is 0 Å². The van der Waals surface area contributed by atoms with Gasteiger partial charge in [-0.1, -0.05) is 0 Å². The minimum Gasteiger partial charge on any atom is -0.315 e. The summed E-state index contributed by atoms with van der Waals surface area (Å²) in [5, 5.41) is 0. The number of carbonyl (C=O) groups is 1. The maximum absolute atomic E-state index is 9.57. The molecule has 0 fully saturated rings. The van der Waals surface area contributed by atoms with Crippen molar-refractivity contribution < 1.29 is 4.79 Å². The fourth-order valence-electron chi connectivity index (χ4n) is 0.248. The van der Waals surface area contributed by atoms with Crippen LogP contribution in [0.4, 0.5) is 0 Å². The number of aldehydes is 1. The lowest BCUT2D eigenvalue weighted by atomic mass is 10.3. The third-order valence-electron chi connectivity index (χ3n) is 0.596. The van der Waals surface area contributed by atoms with Gasteiger partial charge in [0.1, 0.15) is 6.29 Å². The average molecular weight is 101 g/mol. The molecule has 0 bridgehead atoms. The molecule has 0 amide bonds. The summed E-state index contributed by atoms with van der Waals surface area (Å²) in [6.45, 7) is 0. The van der Waals surface area contributed by atoms with E-state index in [9.17, 15) is 4.79 Å². The van der Waals surface area contributed by atoms with Crippen molar-refractivity contribution in [1.29, 1.82) is 0 Å². The fraction of sp³-hybridized carbons (Fsp3) is 0.750. The first-order valence-electron chi connectivity index (χ1n) is 2.17. The van der Waals surface area contributed by atoms with Crippen LogP contribution in [0, 0.1) is 0 Å². The molecule has 0 aliphatic heterocycles. The van der Waals surface area contributed by atoms with Gasteiger partial charge in [-0.05, 0) is 6.42 Å². The van der Waals surface area contributed by atoms with Gasteiger partial charge in [0.25, 0.3) is 0 Å². The number of nitrogens with one attached hydrogen (secondary N) is 1. The van der Waals surface area contributed by atoms with E-state index in [0.717, 1.165) is 6.29 Å². The van der Waals surface area contributed by atoms with Gasteiger partial charge in [-0.2, -0.15) is 0 Å². The highest BCUT2D eigenvalue weighted by atomic mass is 16.1. The van der Waals surface area contributed by atoms with Gasteiger partial charge in [-0.3, -0.25) is 0 Å². The number of hydrogen-bond acceptors (Lipinski definition) is 2. The summed E-state index contributed by atoms with van der Waals surface area (Å²) in [5.41, 5.74) is 11.7. The van der Waals surface area contributed by atoms with E-state index in [2.05, 4.69) is 0 Å². The van der Waals surface area contributed by atoms with Crippen LogP contribution < -0.4 is 11.5 Å². The Balaban J connectivity index is 2.81. The van der Waals surface area contributed by atoms with E-state index in [0.29, 0.717) is 12.8 Å². The lowest BCUT2D eigenvalue weighted by molar-refractivity contribution is -0.108. The van der Waals surface area contributed by atoms with E-state index in [1.165, 1.54) is 0 Å². The summed E-state index contributed by atoms with van der Waals surface area (Å²) in [6.07, 6.45) is 1.08. The molecule has 7 heavy (non-hydrogen) atoms. The molecule has 0 aromatic carbocycles. The maximum Gasteiger partial charge on any atom is 0.120 e. The van der Waals surface area contributed by atoms with Crippen molar-refractivity contribution in [3.8, 4) is 0 Å². The van der Waals surface area contributed by atoms with Crippen molar-refractivity contribution in [2.24, 2.45) is 5.73 Å². The summed E-state index contributed by atoms with van der Waals surface area (Å²) in [6, 6.07) is 0. The second-order valence-electron chi connectivity index (χ2n) is 1.35. The van der Waals surface area contributed by atoms with Crippen molar-refractivity contribution in [1.82, 2.24) is 5.73 Å². The van der Waals surface area contributed by atoms with Crippen LogP contribution in [0.5, 0.6) is 0 Å². The van der Waals surface area contributed by atoms with E-state index in [4.69, 9.17) is 11.5 Å². The van der Waals surface area contributed by atoms with Gasteiger partial charge in [0.05, 0.1) is 6.17 Å². The third-order valence-corrected chi connectivity index (χ3v) is 0.596. The van der Waals surface area contributed by atoms with Gasteiger partial charge in [0, 0.05) is 6.42 Å². The summed E-state index contributed by atoms with van der Waals surface area (Å²) in [7, 11) is 0. The summed E-state index contributed by atoms with van der Waals surface area (Å²) < 4.78 is 0. The van der Waals surface area contributed by atoms with Crippen molar-refractivity contribution in [2.75, 3.05) is 0 Å². The molecule has 41 valence electrons. The van der Waals surface area contributed by atoms with Crippen LogP contribution in [-0.2, 0) is 4.79 Å². The molecule has 0 heterocycles. The van der Waals surface area contributed by atoms with E-state index in [-0.39, 0.29) is 0 Å². The van der Waals surface area contributed by atoms with Crippen LogP contribution >= 0.6 is 0 Å². The van der Waals surface area contributed by atoms with E-state index < -0.39 is 6.17 Å². The van der Waals surface area contributed by atoms with Crippen molar-refractivity contribution in [3.63, 3.8) is 0 Å². The lowest BCUT2D eigenvalue weighted by Gasteiger charge is -1.95. The lowest BCUT2D eigenvalue weighted by Crippen LogP contribution is -2.20. The molecule has 0 aliphatic carbocycles. The zero-order valence-electron chi connectivity index (χ0n) is 4.05. The Kier molecular flexibility index (Phi) is 3.55. The summed E-state index contributed by atoms with van der Waals surface area (Å²) >= 11 is 0. The minimum absolute atomic E-state index is 0.407. The summed E-state index contributed by atoms with van der Waals surface area (Å²) in [5.74, 6) is 0. The molecule has 1 unspecified atom stereocenters. The van der Waals surface area contributed by atoms with Crippen molar-refractivity contribution in [3.05, 3.63) is 0 Å². The number of carbonyl (C=O) groups excluding carboxylic acids is 1. The molecular weight excluding hydrogens is 92.1 g/mol. The van der Waals surface area contributed by atoms with E-state index in [1.54, 1.807) is 0 Å². The van der Waals surface area contributed by atoms with Crippen molar-refractivity contribution >= 4 is 6.29 Å². The Bertz CT molecular complexity index is 53.7. The first-order chi connectivity index (χ1) is 3.27. The molecule has 0 saturated heterocycles. The standard InChI is InChI=1S/C4H9N2O/c5-4(6)2-1-3-7/h3-5H,1-2,6H2. The number of nitrogens with two attached hydrogens (primary N) is 1. The zero-order valence-corrected chi connectivity index (χ0v) is 4.05. The molecule has 1 radical (unpaired) electrons. The van der Waals surface area contributed by atoms with Crippen LogP contribution in [0.15, 0.2) is 0 Å². The van der Waals surface area contributed by atoms with Crippen LogP contribution in [0.1, 0.15) is 12.8 Å². The highest BCUT2D eigenvalue weighted by Crippen LogP contribution is 1.83. The molecule has 0 saturated carbocycles. The molecule has 3 N–H and O–H groups in total. The summed E-state index contributed by atoms with van der Waals surface area (Å²) in [4.78, 5) is 9.57. The number of hydrogen-bond donors (Lipinski definition) is 1. The Morgan fingerprint density at radius 1 is 1.86 bits per heavy atom. The predicted octanol–water partition coefficient (Wildman–Crippen LogP) is -0.467. The highest BCUT2D eigenvalue weighted by Gasteiger charge is 1.90. The molecule has 0 spiro atoms. The van der Waals surface area contributed by atoms with Gasteiger partial charge in [-0.15, -0.1) is 0 Å². The molecule has 0 aromatic heterocycles. The van der Waals surface area contributed by atoms with Gasteiger partial charge >= 0.3 is 0 Å². The topological polar surface area (TPSA) is 66.9 Å². The zero-order chi connectivity index (χ0) is 5.70. The molecular formula is C4H9N2O. The first-order valence-corrected chi connectivity index (χ1v) is 2.17. The molecule has 1 atom stereocenters. The number of rotatable bonds is 3. The average Bonchev–Trinajstić information content (AvgIpc) is 1.61. The van der Waals surface area contributed by atoms with E-state index >= 15 is 0 Å². The van der Waals surface area contributed by atoms with Gasteiger partial charge in [-0.25, -0.2) is 5.73 Å². The van der Waals surface area contributed by atoms with Crippen LogP contribution in [0.2, 0.25) is 0 Å². The fourth-order valence-corrected chi connectivity index (χ4v) is 0.248. The maximum atomic E-state index is 9.57. The highest BCUT2D eigenvalue weighted by molar-refractivity contribution is 5.49. The molecule has 0 aliphatic rings. The second kappa shape index (κ2) is 3.77. The molecule has 0 aromatic rings. The molecule has 0 rings (SSSR count). The molecule has 3 heteroatoms. The largest absolute Gasteiger partial charge is 0.315 e. The Morgan fingerprint density at radius 3 is 2.57 bits per heavy atom. The first kappa shape index (κ1) is 6.59. The Hall–Kier alpha value is -0.410. The van der Waals surface area contributed by atoms with Gasteiger partial charge < -0.3 is 10.5 Å². The van der Waals surface area contributed by atoms with Crippen molar-refractivity contribution in [2.45, 2.75) is 19.0 Å². The quantitative estimate of drug-likeness (QED) is 0.488.